The van der Waals surface area contributed by atoms with E-state index in [1.165, 1.54) is 0 Å². The van der Waals surface area contributed by atoms with Crippen molar-refractivity contribution in [3.8, 4) is 0 Å². The van der Waals surface area contributed by atoms with Gasteiger partial charge in [-0.1, -0.05) is 0 Å². The van der Waals surface area contributed by atoms with E-state index in [-0.39, 0.29) is 57.9 Å². The van der Waals surface area contributed by atoms with Gasteiger partial charge in [0.1, 0.15) is 0 Å². The van der Waals surface area contributed by atoms with E-state index >= 15 is 0 Å². The van der Waals surface area contributed by atoms with Gasteiger partial charge in [0.05, 0.1) is 0 Å². The van der Waals surface area contributed by atoms with E-state index in [9.17, 15) is 0 Å². The van der Waals surface area contributed by atoms with Gasteiger partial charge in [0.2, 0.25) is 0 Å². The molecule has 0 unspecified atom stereocenters. The van der Waals surface area contributed by atoms with Crippen molar-refractivity contribution in [3.63, 3.8) is 0 Å². The molecule has 0 heterocycles. The molecule has 0 fully saturated rings. The molecule has 0 saturated heterocycles. The Balaban J connectivity index is 0. The average molecular weight is 105 g/mol. The summed E-state index contributed by atoms with van der Waals surface area (Å²) in [6.07, 6.45) is 0. The van der Waals surface area contributed by atoms with Gasteiger partial charge in [-0.3, -0.25) is 0 Å². The standard InChI is InChI=1S/Li.N.3Si. The zero-order valence-electron chi connectivity index (χ0n) is 2.95. The molecular weight excluding hydrogens is 105 g/mol. The molecule has 5 heteroatoms. The van der Waals surface area contributed by atoms with Gasteiger partial charge in [-0.15, -0.1) is 0 Å². The van der Waals surface area contributed by atoms with Crippen molar-refractivity contribution in [2.45, 2.75) is 0 Å². The van der Waals surface area contributed by atoms with Crippen molar-refractivity contribution in [2.75, 3.05) is 0 Å². The maximum atomic E-state index is 0. The summed E-state index contributed by atoms with van der Waals surface area (Å²) in [7, 11) is 0. The van der Waals surface area contributed by atoms with E-state index in [1.807, 2.05) is 0 Å². The first-order valence-electron chi connectivity index (χ1n) is 0. The second-order valence-electron chi connectivity index (χ2n) is 0. The molecule has 0 saturated carbocycles. The third-order valence-corrected chi connectivity index (χ3v) is 0. The van der Waals surface area contributed by atoms with Crippen LogP contribution in [-0.4, -0.2) is 51.8 Å². The van der Waals surface area contributed by atoms with Gasteiger partial charge in [0.15, 0.2) is 0 Å². The summed E-state index contributed by atoms with van der Waals surface area (Å²) in [5, 5.41) is 0. The predicted molar refractivity (Wildman–Crippen MR) is 25.1 cm³/mol. The monoisotopic (exact) mass is 105 g/mol. The SMILES string of the molecule is [Li].[N].[Si].[Si].[Si]. The summed E-state index contributed by atoms with van der Waals surface area (Å²) in [6, 6.07) is 0. The third kappa shape index (κ3) is 36.7. The van der Waals surface area contributed by atoms with Crippen LogP contribution in [0.4, 0.5) is 0 Å². The van der Waals surface area contributed by atoms with Gasteiger partial charge in [-0.05, 0) is 0 Å². The van der Waals surface area contributed by atoms with E-state index in [0.29, 0.717) is 0 Å². The van der Waals surface area contributed by atoms with Crippen LogP contribution in [0.25, 0.3) is 0 Å². The summed E-state index contributed by atoms with van der Waals surface area (Å²) in [6.45, 7) is 0. The summed E-state index contributed by atoms with van der Waals surface area (Å²) in [5.74, 6) is 0. The maximum Gasteiger partial charge on any atom is 0 e. The first-order valence-corrected chi connectivity index (χ1v) is 0. The van der Waals surface area contributed by atoms with Crippen LogP contribution in [0.2, 0.25) is 0 Å². The Morgan fingerprint density at radius 2 is 0.600 bits per heavy atom. The molecule has 0 aromatic carbocycles. The van der Waals surface area contributed by atoms with Crippen molar-refractivity contribution in [3.05, 3.63) is 0 Å². The van der Waals surface area contributed by atoms with Crippen LogP contribution in [0.5, 0.6) is 0 Å². The van der Waals surface area contributed by atoms with Gasteiger partial charge in [0.25, 0.3) is 0 Å². The Morgan fingerprint density at radius 1 is 0.600 bits per heavy atom. The minimum absolute atomic E-state index is 0. The van der Waals surface area contributed by atoms with E-state index in [4.69, 9.17) is 0 Å². The van der Waals surface area contributed by atoms with Crippen LogP contribution >= 0.6 is 0 Å². The first-order chi connectivity index (χ1) is 0. The Labute approximate surface area is 58.1 Å². The summed E-state index contributed by atoms with van der Waals surface area (Å²) >= 11 is 0. The first kappa shape index (κ1) is 115. The molecule has 0 atom stereocenters. The zero-order valence-corrected chi connectivity index (χ0v) is 5.95. The topological polar surface area (TPSA) is 30.5 Å². The number of hydrogen-bond acceptors (Lipinski definition) is 0. The van der Waals surface area contributed by atoms with Crippen molar-refractivity contribution in [2.24, 2.45) is 0 Å². The summed E-state index contributed by atoms with van der Waals surface area (Å²) in [4.78, 5) is 0. The summed E-state index contributed by atoms with van der Waals surface area (Å²) < 4.78 is 0. The van der Waals surface area contributed by atoms with Gasteiger partial charge in [-0.2, -0.15) is 0 Å². The minimum Gasteiger partial charge on any atom is 0 e. The van der Waals surface area contributed by atoms with Crippen LogP contribution in [0.3, 0.4) is 0 Å². The fourth-order valence-electron chi connectivity index (χ4n) is 0. The van der Waals surface area contributed by atoms with Crippen molar-refractivity contribution < 1.29 is 0 Å². The Bertz CT molecular complexity index is 6.85. The van der Waals surface area contributed by atoms with Crippen LogP contribution in [0.1, 0.15) is 0 Å². The molecule has 0 rings (SSSR count). The van der Waals surface area contributed by atoms with Crippen molar-refractivity contribution >= 4 is 51.8 Å². The minimum atomic E-state index is 0. The van der Waals surface area contributed by atoms with Gasteiger partial charge < -0.3 is 0 Å². The van der Waals surface area contributed by atoms with Crippen LogP contribution in [0, 0.1) is 0 Å². The van der Waals surface area contributed by atoms with Gasteiger partial charge >= 0.3 is 0 Å². The normalized spacial score (nSPS) is 0. The number of nitrogens with zero attached hydrogens (tertiary/aromatic N) is 1. The fourth-order valence-corrected chi connectivity index (χ4v) is 0. The molecule has 0 bridgehead atoms. The second kappa shape index (κ2) is 63.2. The van der Waals surface area contributed by atoms with E-state index in [0.717, 1.165) is 0 Å². The average Bonchev–Trinajstić information content (AvgIpc) is 0. The van der Waals surface area contributed by atoms with Crippen LogP contribution in [-0.2, 0) is 0 Å². The van der Waals surface area contributed by atoms with Crippen molar-refractivity contribution in [1.82, 2.24) is 6.15 Å². The van der Waals surface area contributed by atoms with E-state index in [2.05, 4.69) is 0 Å². The van der Waals surface area contributed by atoms with Gasteiger partial charge in [-0.25, -0.2) is 0 Å². The van der Waals surface area contributed by atoms with Gasteiger partial charge in [0, 0.05) is 57.9 Å². The molecule has 0 aliphatic carbocycles. The molecule has 0 aromatic rings. The third-order valence-electron chi connectivity index (χ3n) is 0. The fraction of sp³-hybridized carbons (Fsp3) is 0. The molecule has 0 aliphatic rings. The molecule has 0 aromatic heterocycles. The summed E-state index contributed by atoms with van der Waals surface area (Å²) in [5.41, 5.74) is 0. The molecule has 1 nitrogen and oxygen atoms in total. The smallest absolute Gasteiger partial charge is 0 e. The molecule has 0 N–H and O–H groups in total. The van der Waals surface area contributed by atoms with E-state index in [1.54, 1.807) is 0 Å². The quantitative estimate of drug-likeness (QED) is 0.319. The Kier molecular flexibility index (Phi) is 1460. The molecule has 5 heavy (non-hydrogen) atoms. The Hall–Kier alpha value is 1.21. The predicted octanol–water partition coefficient (Wildman–Crippen LogP) is -2.00. The Morgan fingerprint density at radius 3 is 0.600 bits per heavy atom. The number of hydrogen-bond donors (Lipinski definition) is 0. The zero-order chi connectivity index (χ0) is 0. The largest absolute Gasteiger partial charge is 0 e. The molecule has 0 amide bonds. The molecule has 18 valence electrons. The van der Waals surface area contributed by atoms with Crippen LogP contribution < -0.4 is 6.15 Å². The molecule has 16 radical (unpaired) electrons. The van der Waals surface area contributed by atoms with Crippen molar-refractivity contribution in [1.29, 1.82) is 0 Å². The van der Waals surface area contributed by atoms with E-state index < -0.39 is 0 Å². The maximum absolute atomic E-state index is 0. The van der Waals surface area contributed by atoms with Crippen LogP contribution in [0.15, 0.2) is 0 Å². The second-order valence-corrected chi connectivity index (χ2v) is 0. The molecular formula is LiNSi3. The molecule has 0 spiro atoms. The molecule has 0 aliphatic heterocycles. The number of rotatable bonds is 0.